The Morgan fingerprint density at radius 2 is 2.06 bits per heavy atom. The molecule has 0 fully saturated rings. The maximum atomic E-state index is 4.06. The fraction of sp³-hybridized carbons (Fsp3) is 0. The molecule has 1 aromatic carbocycles. The Morgan fingerprint density at radius 3 is 3.06 bits per heavy atom. The van der Waals surface area contributed by atoms with Crippen LogP contribution in [0, 0.1) is 0 Å². The number of H-pyrrole nitrogens is 1. The molecular weight excluding hydrogens is 198 g/mol. The number of aromatic nitrogens is 2. The van der Waals surface area contributed by atoms with Crippen molar-refractivity contribution >= 4 is 16.6 Å². The van der Waals surface area contributed by atoms with Gasteiger partial charge in [0.05, 0.1) is 11.7 Å². The molecule has 2 heterocycles. The Hall–Kier alpha value is -2.29. The molecule has 1 aromatic heterocycles. The van der Waals surface area contributed by atoms with Gasteiger partial charge < -0.3 is 5.32 Å². The summed E-state index contributed by atoms with van der Waals surface area (Å²) in [6, 6.07) is 6.13. The topological polar surface area (TPSA) is 40.7 Å². The molecule has 0 saturated carbocycles. The molecule has 3 nitrogen and oxygen atoms in total. The molecule has 1 aliphatic heterocycles. The van der Waals surface area contributed by atoms with E-state index in [1.165, 1.54) is 0 Å². The predicted octanol–water partition coefficient (Wildman–Crippen LogP) is 2.58. The SMILES string of the molecule is C1=CC=C(c2cccc3[nH]ncc23)NC=C1. The molecule has 3 rings (SSSR count). The van der Waals surface area contributed by atoms with Gasteiger partial charge in [-0.05, 0) is 18.2 Å². The summed E-state index contributed by atoms with van der Waals surface area (Å²) in [6.07, 6.45) is 11.8. The second kappa shape index (κ2) is 3.70. The van der Waals surface area contributed by atoms with Gasteiger partial charge in [0, 0.05) is 22.8 Å². The monoisotopic (exact) mass is 209 g/mol. The minimum atomic E-state index is 1.05. The summed E-state index contributed by atoms with van der Waals surface area (Å²) < 4.78 is 0. The van der Waals surface area contributed by atoms with Crippen molar-refractivity contribution in [3.63, 3.8) is 0 Å². The van der Waals surface area contributed by atoms with Crippen LogP contribution in [-0.2, 0) is 0 Å². The van der Waals surface area contributed by atoms with Crippen LogP contribution in [0.1, 0.15) is 5.56 Å². The zero-order valence-corrected chi connectivity index (χ0v) is 8.64. The van der Waals surface area contributed by atoms with Crippen molar-refractivity contribution in [3.8, 4) is 0 Å². The number of fused-ring (bicyclic) bond motifs is 1. The number of rotatable bonds is 1. The number of nitrogens with zero attached hydrogens (tertiary/aromatic N) is 1. The van der Waals surface area contributed by atoms with E-state index in [9.17, 15) is 0 Å². The predicted molar refractivity (Wildman–Crippen MR) is 65.5 cm³/mol. The van der Waals surface area contributed by atoms with Gasteiger partial charge in [-0.2, -0.15) is 5.10 Å². The highest BCUT2D eigenvalue weighted by molar-refractivity contribution is 5.91. The fourth-order valence-corrected chi connectivity index (χ4v) is 1.83. The Morgan fingerprint density at radius 1 is 1.06 bits per heavy atom. The van der Waals surface area contributed by atoms with Crippen LogP contribution < -0.4 is 5.32 Å². The molecule has 0 amide bonds. The zero-order chi connectivity index (χ0) is 10.8. The van der Waals surface area contributed by atoms with E-state index in [-0.39, 0.29) is 0 Å². The maximum Gasteiger partial charge on any atom is 0.0657 e. The first-order valence-corrected chi connectivity index (χ1v) is 5.18. The lowest BCUT2D eigenvalue weighted by Gasteiger charge is -2.07. The van der Waals surface area contributed by atoms with Gasteiger partial charge in [0.25, 0.3) is 0 Å². The lowest BCUT2D eigenvalue weighted by Crippen LogP contribution is -2.02. The van der Waals surface area contributed by atoms with E-state index in [1.807, 2.05) is 42.8 Å². The minimum Gasteiger partial charge on any atom is -0.361 e. The lowest BCUT2D eigenvalue weighted by molar-refractivity contribution is 1.12. The average molecular weight is 209 g/mol. The van der Waals surface area contributed by atoms with Gasteiger partial charge >= 0.3 is 0 Å². The van der Waals surface area contributed by atoms with Crippen LogP contribution in [0.25, 0.3) is 16.6 Å². The summed E-state index contributed by atoms with van der Waals surface area (Å²) in [6.45, 7) is 0. The third kappa shape index (κ3) is 1.42. The van der Waals surface area contributed by atoms with E-state index >= 15 is 0 Å². The van der Waals surface area contributed by atoms with Crippen molar-refractivity contribution < 1.29 is 0 Å². The summed E-state index contributed by atoms with van der Waals surface area (Å²) >= 11 is 0. The van der Waals surface area contributed by atoms with Crippen molar-refractivity contribution in [1.82, 2.24) is 15.5 Å². The number of allylic oxidation sites excluding steroid dienone is 4. The van der Waals surface area contributed by atoms with Gasteiger partial charge in [-0.15, -0.1) is 0 Å². The summed E-state index contributed by atoms with van der Waals surface area (Å²) in [4.78, 5) is 0. The van der Waals surface area contributed by atoms with E-state index in [4.69, 9.17) is 0 Å². The van der Waals surface area contributed by atoms with Gasteiger partial charge in [0.1, 0.15) is 0 Å². The van der Waals surface area contributed by atoms with Gasteiger partial charge in [-0.1, -0.05) is 24.3 Å². The summed E-state index contributed by atoms with van der Waals surface area (Å²) in [5, 5.41) is 11.4. The molecule has 2 N–H and O–H groups in total. The van der Waals surface area contributed by atoms with Crippen molar-refractivity contribution in [3.05, 3.63) is 60.5 Å². The van der Waals surface area contributed by atoms with Crippen LogP contribution in [0.2, 0.25) is 0 Å². The summed E-state index contributed by atoms with van der Waals surface area (Å²) in [5.74, 6) is 0. The van der Waals surface area contributed by atoms with Gasteiger partial charge in [-0.3, -0.25) is 5.10 Å². The Kier molecular flexibility index (Phi) is 2.07. The summed E-state index contributed by atoms with van der Waals surface area (Å²) in [7, 11) is 0. The number of hydrogen-bond donors (Lipinski definition) is 2. The van der Waals surface area contributed by atoms with Crippen LogP contribution in [0.15, 0.2) is 54.9 Å². The third-order valence-electron chi connectivity index (χ3n) is 2.60. The van der Waals surface area contributed by atoms with E-state index in [0.29, 0.717) is 0 Å². The van der Waals surface area contributed by atoms with Crippen LogP contribution in [-0.4, -0.2) is 10.2 Å². The molecule has 3 heteroatoms. The van der Waals surface area contributed by atoms with E-state index in [1.54, 1.807) is 0 Å². The van der Waals surface area contributed by atoms with Crippen molar-refractivity contribution in [2.45, 2.75) is 0 Å². The van der Waals surface area contributed by atoms with E-state index in [2.05, 4.69) is 27.7 Å². The average Bonchev–Trinajstić information content (AvgIpc) is 2.63. The van der Waals surface area contributed by atoms with Crippen LogP contribution >= 0.6 is 0 Å². The zero-order valence-electron chi connectivity index (χ0n) is 8.64. The number of hydrogen-bond acceptors (Lipinski definition) is 2. The first-order chi connectivity index (χ1) is 7.95. The molecule has 0 saturated heterocycles. The molecule has 0 radical (unpaired) electrons. The standard InChI is InChI=1S/C13H11N3/c1-2-6-12(14-8-3-1)10-5-4-7-13-11(10)9-15-16-13/h1-9,14H,(H,15,16). The molecule has 0 aliphatic carbocycles. The van der Waals surface area contributed by atoms with Crippen LogP contribution in [0.4, 0.5) is 0 Å². The first kappa shape index (κ1) is 8.97. The third-order valence-corrected chi connectivity index (χ3v) is 2.60. The molecule has 0 atom stereocenters. The Balaban J connectivity index is 2.18. The molecule has 0 bridgehead atoms. The Labute approximate surface area is 93.2 Å². The minimum absolute atomic E-state index is 1.05. The van der Waals surface area contributed by atoms with E-state index in [0.717, 1.165) is 22.2 Å². The largest absolute Gasteiger partial charge is 0.361 e. The molecule has 0 unspecified atom stereocenters. The Bertz CT molecular complexity index is 602. The highest BCUT2D eigenvalue weighted by Gasteiger charge is 2.06. The molecule has 0 spiro atoms. The van der Waals surface area contributed by atoms with Gasteiger partial charge in [-0.25, -0.2) is 0 Å². The molecule has 78 valence electrons. The molecule has 1 aliphatic rings. The summed E-state index contributed by atoms with van der Waals surface area (Å²) in [5.41, 5.74) is 3.29. The molecule has 2 aromatic rings. The smallest absolute Gasteiger partial charge is 0.0657 e. The van der Waals surface area contributed by atoms with E-state index < -0.39 is 0 Å². The number of aromatic amines is 1. The fourth-order valence-electron chi connectivity index (χ4n) is 1.83. The van der Waals surface area contributed by atoms with Gasteiger partial charge in [0.2, 0.25) is 0 Å². The lowest BCUT2D eigenvalue weighted by atomic mass is 10.1. The molecule has 16 heavy (non-hydrogen) atoms. The maximum absolute atomic E-state index is 4.06. The highest BCUT2D eigenvalue weighted by Crippen LogP contribution is 2.22. The van der Waals surface area contributed by atoms with Crippen LogP contribution in [0.5, 0.6) is 0 Å². The second-order valence-corrected chi connectivity index (χ2v) is 3.61. The quantitative estimate of drug-likeness (QED) is 0.757. The van der Waals surface area contributed by atoms with Crippen molar-refractivity contribution in [2.75, 3.05) is 0 Å². The molecular formula is C13H11N3. The van der Waals surface area contributed by atoms with Crippen molar-refractivity contribution in [2.24, 2.45) is 0 Å². The number of nitrogens with one attached hydrogen (secondary N) is 2. The normalized spacial score (nSPS) is 14.6. The number of benzene rings is 1. The van der Waals surface area contributed by atoms with Crippen molar-refractivity contribution in [1.29, 1.82) is 0 Å². The highest BCUT2D eigenvalue weighted by atomic mass is 15.1. The van der Waals surface area contributed by atoms with Gasteiger partial charge in [0.15, 0.2) is 0 Å². The first-order valence-electron chi connectivity index (χ1n) is 5.18. The van der Waals surface area contributed by atoms with Crippen LogP contribution in [0.3, 0.4) is 0 Å². The second-order valence-electron chi connectivity index (χ2n) is 3.61.